The molecule has 2 aromatic rings. The molecule has 24 heavy (non-hydrogen) atoms. The van der Waals surface area contributed by atoms with E-state index in [4.69, 9.17) is 18.9 Å². The van der Waals surface area contributed by atoms with Gasteiger partial charge >= 0.3 is 0 Å². The fraction of sp³-hybridized carbons (Fsp3) is 0.278. The van der Waals surface area contributed by atoms with E-state index in [0.29, 0.717) is 23.8 Å². The van der Waals surface area contributed by atoms with Gasteiger partial charge in [-0.2, -0.15) is 0 Å². The number of anilines is 1. The van der Waals surface area contributed by atoms with Crippen molar-refractivity contribution >= 4 is 11.6 Å². The SMILES string of the molecule is COc1cccc(COCC(=O)Nc2cc(OC)cc(OC)c2)c1. The van der Waals surface area contributed by atoms with Crippen LogP contribution in [0.5, 0.6) is 17.2 Å². The maximum atomic E-state index is 12.0. The average Bonchev–Trinajstić information content (AvgIpc) is 2.61. The summed E-state index contributed by atoms with van der Waals surface area (Å²) >= 11 is 0. The van der Waals surface area contributed by atoms with E-state index in [1.807, 2.05) is 24.3 Å². The third kappa shape index (κ3) is 5.17. The summed E-state index contributed by atoms with van der Waals surface area (Å²) in [6.45, 7) is 0.267. The monoisotopic (exact) mass is 331 g/mol. The summed E-state index contributed by atoms with van der Waals surface area (Å²) in [7, 11) is 4.71. The number of rotatable bonds is 8. The second-order valence-corrected chi connectivity index (χ2v) is 4.99. The van der Waals surface area contributed by atoms with Crippen LogP contribution in [0.15, 0.2) is 42.5 Å². The summed E-state index contributed by atoms with van der Waals surface area (Å²) in [5, 5.41) is 2.75. The van der Waals surface area contributed by atoms with Crippen LogP contribution in [0.1, 0.15) is 5.56 Å². The standard InChI is InChI=1S/C18H21NO5/c1-21-15-6-4-5-13(7-15)11-24-12-18(20)19-14-8-16(22-2)10-17(9-14)23-3/h4-10H,11-12H2,1-3H3,(H,19,20). The first-order chi connectivity index (χ1) is 11.6. The number of hydrogen-bond donors (Lipinski definition) is 1. The molecule has 128 valence electrons. The molecule has 0 radical (unpaired) electrons. The van der Waals surface area contributed by atoms with Crippen molar-refractivity contribution in [2.45, 2.75) is 6.61 Å². The molecule has 6 nitrogen and oxygen atoms in total. The van der Waals surface area contributed by atoms with Gasteiger partial charge in [0.05, 0.1) is 27.9 Å². The zero-order chi connectivity index (χ0) is 17.4. The van der Waals surface area contributed by atoms with Gasteiger partial charge in [0.15, 0.2) is 0 Å². The number of carbonyl (C=O) groups is 1. The van der Waals surface area contributed by atoms with Crippen molar-refractivity contribution in [3.05, 3.63) is 48.0 Å². The molecule has 1 amide bonds. The van der Waals surface area contributed by atoms with Gasteiger partial charge in [-0.15, -0.1) is 0 Å². The van der Waals surface area contributed by atoms with Gasteiger partial charge in [-0.3, -0.25) is 4.79 Å². The Morgan fingerprint density at radius 3 is 2.21 bits per heavy atom. The molecule has 0 aliphatic heterocycles. The maximum absolute atomic E-state index is 12.0. The first-order valence-corrected chi connectivity index (χ1v) is 7.38. The van der Waals surface area contributed by atoms with Gasteiger partial charge in [-0.25, -0.2) is 0 Å². The summed E-state index contributed by atoms with van der Waals surface area (Å²) in [5.74, 6) is 1.70. The molecule has 0 fully saturated rings. The Hall–Kier alpha value is -2.73. The largest absolute Gasteiger partial charge is 0.497 e. The van der Waals surface area contributed by atoms with Crippen molar-refractivity contribution in [3.63, 3.8) is 0 Å². The highest BCUT2D eigenvalue weighted by molar-refractivity contribution is 5.92. The lowest BCUT2D eigenvalue weighted by molar-refractivity contribution is -0.121. The van der Waals surface area contributed by atoms with Gasteiger partial charge in [0.2, 0.25) is 5.91 Å². The molecule has 0 heterocycles. The first kappa shape index (κ1) is 17.6. The molecule has 0 saturated carbocycles. The highest BCUT2D eigenvalue weighted by atomic mass is 16.5. The maximum Gasteiger partial charge on any atom is 0.250 e. The fourth-order valence-electron chi connectivity index (χ4n) is 2.10. The van der Waals surface area contributed by atoms with Crippen molar-refractivity contribution in [2.24, 2.45) is 0 Å². The van der Waals surface area contributed by atoms with Crippen LogP contribution in [0.4, 0.5) is 5.69 Å². The lowest BCUT2D eigenvalue weighted by Crippen LogP contribution is -2.18. The van der Waals surface area contributed by atoms with Gasteiger partial charge in [0, 0.05) is 23.9 Å². The van der Waals surface area contributed by atoms with Crippen molar-refractivity contribution in [3.8, 4) is 17.2 Å². The van der Waals surface area contributed by atoms with E-state index >= 15 is 0 Å². The fourth-order valence-corrected chi connectivity index (χ4v) is 2.10. The number of methoxy groups -OCH3 is 3. The van der Waals surface area contributed by atoms with Crippen LogP contribution in [0.3, 0.4) is 0 Å². The van der Waals surface area contributed by atoms with Crippen LogP contribution in [-0.2, 0) is 16.1 Å². The van der Waals surface area contributed by atoms with Gasteiger partial charge in [0.1, 0.15) is 23.9 Å². The molecule has 1 N–H and O–H groups in total. The van der Waals surface area contributed by atoms with Crippen LogP contribution in [0, 0.1) is 0 Å². The number of ether oxygens (including phenoxy) is 4. The smallest absolute Gasteiger partial charge is 0.250 e. The zero-order valence-corrected chi connectivity index (χ0v) is 14.0. The molecule has 6 heteroatoms. The molecule has 2 rings (SSSR count). The summed E-state index contributed by atoms with van der Waals surface area (Å²) < 4.78 is 20.9. The van der Waals surface area contributed by atoms with Crippen LogP contribution in [-0.4, -0.2) is 33.8 Å². The molecule has 0 aromatic heterocycles. The van der Waals surface area contributed by atoms with Crippen LogP contribution >= 0.6 is 0 Å². The summed E-state index contributed by atoms with van der Waals surface area (Å²) in [6.07, 6.45) is 0. The minimum Gasteiger partial charge on any atom is -0.497 e. The minimum atomic E-state index is -0.256. The summed E-state index contributed by atoms with van der Waals surface area (Å²) in [5.41, 5.74) is 1.52. The second kappa shape index (κ2) is 8.79. The number of benzene rings is 2. The van der Waals surface area contributed by atoms with Crippen molar-refractivity contribution in [1.82, 2.24) is 0 Å². The van der Waals surface area contributed by atoms with E-state index in [9.17, 15) is 4.79 Å². The van der Waals surface area contributed by atoms with E-state index in [1.165, 1.54) is 0 Å². The third-order valence-corrected chi connectivity index (χ3v) is 3.27. The summed E-state index contributed by atoms with van der Waals surface area (Å²) in [4.78, 5) is 12.0. The number of carbonyl (C=O) groups excluding carboxylic acids is 1. The zero-order valence-electron chi connectivity index (χ0n) is 14.0. The van der Waals surface area contributed by atoms with E-state index in [0.717, 1.165) is 11.3 Å². The number of hydrogen-bond acceptors (Lipinski definition) is 5. The highest BCUT2D eigenvalue weighted by Gasteiger charge is 2.07. The molecule has 0 aliphatic rings. The predicted octanol–water partition coefficient (Wildman–Crippen LogP) is 2.87. The van der Waals surface area contributed by atoms with Gasteiger partial charge < -0.3 is 24.3 Å². The molecular weight excluding hydrogens is 310 g/mol. The third-order valence-electron chi connectivity index (χ3n) is 3.27. The highest BCUT2D eigenvalue weighted by Crippen LogP contribution is 2.25. The lowest BCUT2D eigenvalue weighted by atomic mass is 10.2. The minimum absolute atomic E-state index is 0.0588. The second-order valence-electron chi connectivity index (χ2n) is 4.99. The van der Waals surface area contributed by atoms with Gasteiger partial charge in [-0.1, -0.05) is 12.1 Å². The Labute approximate surface area is 141 Å². The van der Waals surface area contributed by atoms with Crippen molar-refractivity contribution in [1.29, 1.82) is 0 Å². The van der Waals surface area contributed by atoms with Gasteiger partial charge in [-0.05, 0) is 17.7 Å². The van der Waals surface area contributed by atoms with Crippen LogP contribution in [0.25, 0.3) is 0 Å². The Bertz CT molecular complexity index is 665. The molecule has 0 unspecified atom stereocenters. The quantitative estimate of drug-likeness (QED) is 0.806. The Balaban J connectivity index is 1.87. The topological polar surface area (TPSA) is 66.0 Å². The Morgan fingerprint density at radius 2 is 1.58 bits per heavy atom. The Morgan fingerprint density at radius 1 is 0.917 bits per heavy atom. The van der Waals surface area contributed by atoms with E-state index in [-0.39, 0.29) is 12.5 Å². The van der Waals surface area contributed by atoms with Crippen molar-refractivity contribution in [2.75, 3.05) is 33.3 Å². The lowest BCUT2D eigenvalue weighted by Gasteiger charge is -2.10. The molecule has 0 bridgehead atoms. The van der Waals surface area contributed by atoms with E-state index < -0.39 is 0 Å². The number of nitrogens with one attached hydrogen (secondary N) is 1. The van der Waals surface area contributed by atoms with E-state index in [1.54, 1.807) is 39.5 Å². The molecule has 0 spiro atoms. The average molecular weight is 331 g/mol. The Kier molecular flexibility index (Phi) is 6.45. The molecule has 0 atom stereocenters. The van der Waals surface area contributed by atoms with Gasteiger partial charge in [0.25, 0.3) is 0 Å². The predicted molar refractivity (Wildman–Crippen MR) is 90.8 cm³/mol. The van der Waals surface area contributed by atoms with Crippen LogP contribution in [0.2, 0.25) is 0 Å². The molecule has 0 aliphatic carbocycles. The molecular formula is C18H21NO5. The normalized spacial score (nSPS) is 10.1. The number of amides is 1. The molecule has 2 aromatic carbocycles. The van der Waals surface area contributed by atoms with Crippen molar-refractivity contribution < 1.29 is 23.7 Å². The summed E-state index contributed by atoms with van der Waals surface area (Å²) in [6, 6.07) is 12.7. The van der Waals surface area contributed by atoms with E-state index in [2.05, 4.69) is 5.32 Å². The first-order valence-electron chi connectivity index (χ1n) is 7.38. The van der Waals surface area contributed by atoms with Crippen LogP contribution < -0.4 is 19.5 Å². The molecule has 0 saturated heterocycles.